The summed E-state index contributed by atoms with van der Waals surface area (Å²) < 4.78 is 0. The van der Waals surface area contributed by atoms with Crippen molar-refractivity contribution >= 4 is 22.4 Å². The molecular formula is C9H9N5O2. The van der Waals surface area contributed by atoms with Gasteiger partial charge in [-0.3, -0.25) is 10.1 Å². The molecule has 0 fully saturated rings. The van der Waals surface area contributed by atoms with Crippen LogP contribution in [0.1, 0.15) is 5.82 Å². The molecule has 1 heterocycles. The molecule has 0 atom stereocenters. The van der Waals surface area contributed by atoms with Crippen LogP contribution in [0, 0.1) is 17.0 Å². The molecule has 7 heteroatoms. The molecule has 1 aromatic heterocycles. The summed E-state index contributed by atoms with van der Waals surface area (Å²) in [4.78, 5) is 18.4. The second-order valence-electron chi connectivity index (χ2n) is 3.22. The van der Waals surface area contributed by atoms with Crippen LogP contribution in [0.2, 0.25) is 0 Å². The summed E-state index contributed by atoms with van der Waals surface area (Å²) in [6, 6.07) is 4.36. The maximum Gasteiger partial charge on any atom is 0.270 e. The third-order valence-electron chi connectivity index (χ3n) is 2.14. The number of aryl methyl sites for hydroxylation is 1. The SMILES string of the molecule is Cc1nc(NN)c2cc([N+](=O)[O-])ccc2n1. The van der Waals surface area contributed by atoms with Gasteiger partial charge in [-0.1, -0.05) is 0 Å². The first kappa shape index (κ1) is 10.2. The first-order chi connectivity index (χ1) is 7.61. The number of hydrogen-bond acceptors (Lipinski definition) is 6. The molecule has 0 saturated heterocycles. The molecule has 0 aliphatic rings. The van der Waals surface area contributed by atoms with Gasteiger partial charge in [0.2, 0.25) is 0 Å². The molecule has 16 heavy (non-hydrogen) atoms. The fourth-order valence-corrected chi connectivity index (χ4v) is 1.46. The Morgan fingerprint density at radius 1 is 1.44 bits per heavy atom. The number of anilines is 1. The summed E-state index contributed by atoms with van der Waals surface area (Å²) in [5.41, 5.74) is 3.00. The normalized spacial score (nSPS) is 10.4. The Bertz CT molecular complexity index is 569. The lowest BCUT2D eigenvalue weighted by Crippen LogP contribution is -2.10. The van der Waals surface area contributed by atoms with E-state index in [1.54, 1.807) is 13.0 Å². The van der Waals surface area contributed by atoms with Crippen molar-refractivity contribution in [2.24, 2.45) is 5.84 Å². The van der Waals surface area contributed by atoms with E-state index < -0.39 is 4.92 Å². The summed E-state index contributed by atoms with van der Waals surface area (Å²) in [7, 11) is 0. The Hall–Kier alpha value is -2.28. The number of hydrogen-bond donors (Lipinski definition) is 2. The average Bonchev–Trinajstić information content (AvgIpc) is 2.27. The van der Waals surface area contributed by atoms with E-state index in [1.807, 2.05) is 0 Å². The van der Waals surface area contributed by atoms with Gasteiger partial charge in [-0.15, -0.1) is 0 Å². The molecule has 0 aliphatic heterocycles. The topological polar surface area (TPSA) is 107 Å². The number of nitrogens with two attached hydrogens (primary N) is 1. The largest absolute Gasteiger partial charge is 0.308 e. The van der Waals surface area contributed by atoms with Crippen LogP contribution < -0.4 is 11.3 Å². The van der Waals surface area contributed by atoms with Crippen LogP contribution in [0.5, 0.6) is 0 Å². The van der Waals surface area contributed by atoms with Crippen LogP contribution in [-0.2, 0) is 0 Å². The van der Waals surface area contributed by atoms with E-state index in [0.29, 0.717) is 22.5 Å². The van der Waals surface area contributed by atoms with Crippen molar-refractivity contribution in [1.82, 2.24) is 9.97 Å². The zero-order valence-corrected chi connectivity index (χ0v) is 8.47. The third kappa shape index (κ3) is 1.63. The van der Waals surface area contributed by atoms with Gasteiger partial charge in [-0.25, -0.2) is 15.8 Å². The van der Waals surface area contributed by atoms with Crippen molar-refractivity contribution in [2.75, 3.05) is 5.43 Å². The zero-order chi connectivity index (χ0) is 11.7. The molecule has 0 unspecified atom stereocenters. The predicted molar refractivity (Wildman–Crippen MR) is 58.7 cm³/mol. The number of hydrazine groups is 1. The molecule has 7 nitrogen and oxygen atoms in total. The first-order valence-corrected chi connectivity index (χ1v) is 4.51. The van der Waals surface area contributed by atoms with Crippen molar-refractivity contribution < 1.29 is 4.92 Å². The third-order valence-corrected chi connectivity index (χ3v) is 2.14. The number of nitrogen functional groups attached to an aromatic ring is 1. The van der Waals surface area contributed by atoms with E-state index >= 15 is 0 Å². The van der Waals surface area contributed by atoms with Crippen molar-refractivity contribution in [3.8, 4) is 0 Å². The monoisotopic (exact) mass is 219 g/mol. The second kappa shape index (κ2) is 3.70. The summed E-state index contributed by atoms with van der Waals surface area (Å²) in [5, 5.41) is 11.2. The van der Waals surface area contributed by atoms with Gasteiger partial charge in [0, 0.05) is 12.1 Å². The minimum atomic E-state index is -0.473. The molecule has 82 valence electrons. The van der Waals surface area contributed by atoms with Gasteiger partial charge in [0.1, 0.15) is 5.82 Å². The number of aromatic nitrogens is 2. The highest BCUT2D eigenvalue weighted by atomic mass is 16.6. The zero-order valence-electron chi connectivity index (χ0n) is 8.47. The van der Waals surface area contributed by atoms with Gasteiger partial charge in [0.25, 0.3) is 5.69 Å². The van der Waals surface area contributed by atoms with Gasteiger partial charge in [-0.2, -0.15) is 0 Å². The standard InChI is InChI=1S/C9H9N5O2/c1-5-11-8-3-2-6(14(15)16)4-7(8)9(12-5)13-10/h2-4H,10H2,1H3,(H,11,12,13). The molecule has 2 rings (SSSR count). The van der Waals surface area contributed by atoms with E-state index in [2.05, 4.69) is 15.4 Å². The van der Waals surface area contributed by atoms with Gasteiger partial charge < -0.3 is 5.43 Å². The molecule has 2 aromatic rings. The average molecular weight is 219 g/mol. The maximum atomic E-state index is 10.6. The molecule has 0 bridgehead atoms. The number of nitro groups is 1. The molecule has 1 aromatic carbocycles. The lowest BCUT2D eigenvalue weighted by Gasteiger charge is -2.05. The lowest BCUT2D eigenvalue weighted by molar-refractivity contribution is -0.384. The Balaban J connectivity index is 2.75. The molecule has 3 N–H and O–H groups in total. The van der Waals surface area contributed by atoms with Crippen LogP contribution in [-0.4, -0.2) is 14.9 Å². The summed E-state index contributed by atoms with van der Waals surface area (Å²) in [5.74, 6) is 6.23. The molecule has 0 aliphatic carbocycles. The van der Waals surface area contributed by atoms with E-state index in [4.69, 9.17) is 5.84 Å². The van der Waals surface area contributed by atoms with Crippen molar-refractivity contribution in [3.63, 3.8) is 0 Å². The van der Waals surface area contributed by atoms with Gasteiger partial charge in [0.05, 0.1) is 15.8 Å². The van der Waals surface area contributed by atoms with Gasteiger partial charge in [0.15, 0.2) is 5.82 Å². The van der Waals surface area contributed by atoms with Crippen molar-refractivity contribution in [3.05, 3.63) is 34.1 Å². The minimum Gasteiger partial charge on any atom is -0.308 e. The van der Waals surface area contributed by atoms with E-state index in [9.17, 15) is 10.1 Å². The molecule has 0 spiro atoms. The number of nitrogens with one attached hydrogen (secondary N) is 1. The highest BCUT2D eigenvalue weighted by Gasteiger charge is 2.10. The molecule has 0 saturated carbocycles. The Labute approximate surface area is 90.4 Å². The van der Waals surface area contributed by atoms with Crippen LogP contribution in [0.25, 0.3) is 10.9 Å². The smallest absolute Gasteiger partial charge is 0.270 e. The number of fused-ring (bicyclic) bond motifs is 1. The Morgan fingerprint density at radius 3 is 2.81 bits per heavy atom. The lowest BCUT2D eigenvalue weighted by atomic mass is 10.2. The van der Waals surface area contributed by atoms with Crippen molar-refractivity contribution in [2.45, 2.75) is 6.92 Å². The number of benzene rings is 1. The first-order valence-electron chi connectivity index (χ1n) is 4.51. The van der Waals surface area contributed by atoms with Crippen LogP contribution in [0.4, 0.5) is 11.5 Å². The Morgan fingerprint density at radius 2 is 2.19 bits per heavy atom. The molecular weight excluding hydrogens is 210 g/mol. The van der Waals surface area contributed by atoms with E-state index in [1.165, 1.54) is 12.1 Å². The van der Waals surface area contributed by atoms with Crippen LogP contribution in [0.3, 0.4) is 0 Å². The summed E-state index contributed by atoms with van der Waals surface area (Å²) >= 11 is 0. The summed E-state index contributed by atoms with van der Waals surface area (Å²) in [6.07, 6.45) is 0. The number of nitro benzene ring substituents is 1. The predicted octanol–water partition coefficient (Wildman–Crippen LogP) is 1.13. The quantitative estimate of drug-likeness (QED) is 0.445. The Kier molecular flexibility index (Phi) is 2.37. The number of nitrogens with zero attached hydrogens (tertiary/aromatic N) is 3. The van der Waals surface area contributed by atoms with Crippen molar-refractivity contribution in [1.29, 1.82) is 0 Å². The highest BCUT2D eigenvalue weighted by molar-refractivity contribution is 5.90. The molecule has 0 amide bonds. The highest BCUT2D eigenvalue weighted by Crippen LogP contribution is 2.24. The van der Waals surface area contributed by atoms with E-state index in [-0.39, 0.29) is 5.69 Å². The second-order valence-corrected chi connectivity index (χ2v) is 3.22. The van der Waals surface area contributed by atoms with Gasteiger partial charge in [-0.05, 0) is 13.0 Å². The van der Waals surface area contributed by atoms with Crippen LogP contribution >= 0.6 is 0 Å². The minimum absolute atomic E-state index is 0.0172. The maximum absolute atomic E-state index is 10.6. The fraction of sp³-hybridized carbons (Fsp3) is 0.111. The number of non-ortho nitro benzene ring substituents is 1. The van der Waals surface area contributed by atoms with Gasteiger partial charge >= 0.3 is 0 Å². The molecule has 0 radical (unpaired) electrons. The van der Waals surface area contributed by atoms with Crippen LogP contribution in [0.15, 0.2) is 18.2 Å². The fourth-order valence-electron chi connectivity index (χ4n) is 1.46. The summed E-state index contributed by atoms with van der Waals surface area (Å²) in [6.45, 7) is 1.72. The van der Waals surface area contributed by atoms with E-state index in [0.717, 1.165) is 0 Å². The number of rotatable bonds is 2.